The van der Waals surface area contributed by atoms with E-state index in [-0.39, 0.29) is 12.6 Å². The van der Waals surface area contributed by atoms with Crippen LogP contribution in [0.25, 0.3) is 0 Å². The van der Waals surface area contributed by atoms with Gasteiger partial charge in [-0.25, -0.2) is 0 Å². The molecule has 0 unspecified atom stereocenters. The first kappa shape index (κ1) is 15.1. The molecule has 2 aromatic carbocycles. The summed E-state index contributed by atoms with van der Waals surface area (Å²) in [6.45, 7) is 1.22. The second-order valence-electron chi connectivity index (χ2n) is 5.20. The largest absolute Gasteiger partial charge is 0.493 e. The van der Waals surface area contributed by atoms with Crippen LogP contribution >= 0.6 is 0 Å². The van der Waals surface area contributed by atoms with Crippen LogP contribution in [0.3, 0.4) is 0 Å². The summed E-state index contributed by atoms with van der Waals surface area (Å²) in [6, 6.07) is 14.3. The Morgan fingerprint density at radius 3 is 2.78 bits per heavy atom. The van der Waals surface area contributed by atoms with Crippen molar-refractivity contribution < 1.29 is 19.1 Å². The highest BCUT2D eigenvalue weighted by Gasteiger charge is 2.24. The molecule has 2 aromatic rings. The molecular weight excluding hydrogens is 294 g/mol. The van der Waals surface area contributed by atoms with Gasteiger partial charge in [0.05, 0.1) is 17.7 Å². The number of hydrogen-bond donors (Lipinski definition) is 0. The number of benzene rings is 2. The first-order chi connectivity index (χ1) is 11.3. The Bertz CT molecular complexity index is 714. The van der Waals surface area contributed by atoms with Crippen LogP contribution in [0.4, 0.5) is 0 Å². The Morgan fingerprint density at radius 1 is 1.13 bits per heavy atom. The summed E-state index contributed by atoms with van der Waals surface area (Å²) in [5, 5.41) is 0. The van der Waals surface area contributed by atoms with Gasteiger partial charge in [0.2, 0.25) is 0 Å². The molecule has 0 radical (unpaired) electrons. The van der Waals surface area contributed by atoms with Gasteiger partial charge < -0.3 is 14.4 Å². The molecule has 0 fully saturated rings. The van der Waals surface area contributed by atoms with E-state index in [1.54, 1.807) is 35.2 Å². The van der Waals surface area contributed by atoms with Gasteiger partial charge in [-0.15, -0.1) is 0 Å². The fourth-order valence-corrected chi connectivity index (χ4v) is 2.46. The monoisotopic (exact) mass is 311 g/mol. The molecule has 0 spiro atoms. The fourth-order valence-electron chi connectivity index (χ4n) is 2.46. The summed E-state index contributed by atoms with van der Waals surface area (Å²) >= 11 is 0. The number of hydrogen-bond acceptors (Lipinski definition) is 4. The minimum absolute atomic E-state index is 0.0276. The van der Waals surface area contributed by atoms with Gasteiger partial charge in [0.1, 0.15) is 11.5 Å². The lowest BCUT2D eigenvalue weighted by Crippen LogP contribution is -2.39. The minimum Gasteiger partial charge on any atom is -0.493 e. The van der Waals surface area contributed by atoms with Crippen molar-refractivity contribution in [1.29, 1.82) is 0 Å². The summed E-state index contributed by atoms with van der Waals surface area (Å²) < 4.78 is 11.2. The zero-order chi connectivity index (χ0) is 16.1. The maximum Gasteiger partial charge on any atom is 0.260 e. The van der Waals surface area contributed by atoms with Crippen LogP contribution in [0.2, 0.25) is 0 Å². The summed E-state index contributed by atoms with van der Waals surface area (Å²) in [6.07, 6.45) is 1.43. The molecule has 0 atom stereocenters. The Morgan fingerprint density at radius 2 is 1.91 bits per heavy atom. The molecule has 1 heterocycles. The van der Waals surface area contributed by atoms with Crippen molar-refractivity contribution in [1.82, 2.24) is 4.90 Å². The number of nitrogens with zero attached hydrogens (tertiary/aromatic N) is 1. The third-order valence-corrected chi connectivity index (χ3v) is 3.66. The molecule has 1 aliphatic heterocycles. The van der Waals surface area contributed by atoms with E-state index >= 15 is 0 Å². The van der Waals surface area contributed by atoms with E-state index in [0.717, 1.165) is 6.29 Å². The van der Waals surface area contributed by atoms with E-state index in [2.05, 4.69) is 0 Å². The van der Waals surface area contributed by atoms with Crippen LogP contribution < -0.4 is 9.47 Å². The number of carbonyl (C=O) groups excluding carboxylic acids is 2. The lowest BCUT2D eigenvalue weighted by molar-refractivity contribution is 0.0508. The lowest BCUT2D eigenvalue weighted by atomic mass is 10.1. The molecule has 0 bridgehead atoms. The molecule has 1 aliphatic rings. The third-order valence-electron chi connectivity index (χ3n) is 3.66. The average molecular weight is 311 g/mol. The SMILES string of the molecule is O=Cc1ccccc1OCCCN1COc2ccccc2C1=O. The fraction of sp³-hybridized carbons (Fsp3) is 0.222. The van der Waals surface area contributed by atoms with Gasteiger partial charge in [0.15, 0.2) is 13.0 Å². The molecule has 0 N–H and O–H groups in total. The van der Waals surface area contributed by atoms with Gasteiger partial charge in [-0.1, -0.05) is 24.3 Å². The predicted molar refractivity (Wildman–Crippen MR) is 84.9 cm³/mol. The molecule has 23 heavy (non-hydrogen) atoms. The summed E-state index contributed by atoms with van der Waals surface area (Å²) in [5.74, 6) is 1.17. The van der Waals surface area contributed by atoms with Crippen LogP contribution in [0.1, 0.15) is 27.1 Å². The second-order valence-corrected chi connectivity index (χ2v) is 5.20. The topological polar surface area (TPSA) is 55.8 Å². The van der Waals surface area contributed by atoms with E-state index in [0.29, 0.717) is 42.2 Å². The average Bonchev–Trinajstić information content (AvgIpc) is 2.61. The Kier molecular flexibility index (Phi) is 4.57. The van der Waals surface area contributed by atoms with Crippen LogP contribution in [0.15, 0.2) is 48.5 Å². The van der Waals surface area contributed by atoms with Gasteiger partial charge >= 0.3 is 0 Å². The quantitative estimate of drug-likeness (QED) is 0.608. The maximum atomic E-state index is 12.3. The molecule has 3 rings (SSSR count). The first-order valence-electron chi connectivity index (χ1n) is 7.47. The lowest BCUT2D eigenvalue weighted by Gasteiger charge is -2.28. The first-order valence-corrected chi connectivity index (χ1v) is 7.47. The van der Waals surface area contributed by atoms with Gasteiger partial charge in [-0.05, 0) is 30.7 Å². The van der Waals surface area contributed by atoms with Crippen molar-refractivity contribution in [3.05, 3.63) is 59.7 Å². The number of ether oxygens (including phenoxy) is 2. The van der Waals surface area contributed by atoms with Crippen molar-refractivity contribution in [3.63, 3.8) is 0 Å². The number of rotatable bonds is 6. The number of amides is 1. The van der Waals surface area contributed by atoms with E-state index in [4.69, 9.17) is 9.47 Å². The second kappa shape index (κ2) is 6.96. The molecule has 0 aromatic heterocycles. The predicted octanol–water partition coefficient (Wildman–Crippen LogP) is 2.76. The Balaban J connectivity index is 1.52. The van der Waals surface area contributed by atoms with Crippen molar-refractivity contribution in [2.45, 2.75) is 6.42 Å². The van der Waals surface area contributed by atoms with Crippen molar-refractivity contribution >= 4 is 12.2 Å². The molecule has 5 nitrogen and oxygen atoms in total. The van der Waals surface area contributed by atoms with Crippen LogP contribution in [-0.4, -0.2) is 37.0 Å². The van der Waals surface area contributed by atoms with Crippen LogP contribution in [0.5, 0.6) is 11.5 Å². The Labute approximate surface area is 134 Å². The molecule has 5 heteroatoms. The number of fused-ring (bicyclic) bond motifs is 1. The molecule has 1 amide bonds. The smallest absolute Gasteiger partial charge is 0.260 e. The third kappa shape index (κ3) is 3.34. The number of carbonyl (C=O) groups is 2. The molecule has 118 valence electrons. The van der Waals surface area contributed by atoms with E-state index in [9.17, 15) is 9.59 Å². The molecular formula is C18H17NO4. The molecule has 0 saturated carbocycles. The van der Waals surface area contributed by atoms with Gasteiger partial charge in [0, 0.05) is 6.54 Å². The van der Waals surface area contributed by atoms with Crippen molar-refractivity contribution in [3.8, 4) is 11.5 Å². The number of aldehydes is 1. The van der Waals surface area contributed by atoms with E-state index in [1.165, 1.54) is 0 Å². The van der Waals surface area contributed by atoms with Crippen LogP contribution in [-0.2, 0) is 0 Å². The van der Waals surface area contributed by atoms with Gasteiger partial charge in [0.25, 0.3) is 5.91 Å². The van der Waals surface area contributed by atoms with Gasteiger partial charge in [-0.2, -0.15) is 0 Å². The van der Waals surface area contributed by atoms with E-state index in [1.807, 2.05) is 18.2 Å². The maximum absolute atomic E-state index is 12.3. The summed E-state index contributed by atoms with van der Waals surface area (Å²) in [4.78, 5) is 24.9. The number of para-hydroxylation sites is 2. The zero-order valence-electron chi connectivity index (χ0n) is 12.6. The standard InChI is InChI=1S/C18H17NO4/c20-12-14-6-1-3-8-16(14)22-11-5-10-19-13-23-17-9-4-2-7-15(17)18(19)21/h1-4,6-9,12H,5,10-11,13H2. The van der Waals surface area contributed by atoms with Crippen molar-refractivity contribution in [2.75, 3.05) is 19.9 Å². The zero-order valence-corrected chi connectivity index (χ0v) is 12.6. The molecule has 0 aliphatic carbocycles. The molecule has 0 saturated heterocycles. The Hall–Kier alpha value is -2.82. The highest BCUT2D eigenvalue weighted by atomic mass is 16.5. The van der Waals surface area contributed by atoms with Crippen molar-refractivity contribution in [2.24, 2.45) is 0 Å². The van der Waals surface area contributed by atoms with Crippen LogP contribution in [0, 0.1) is 0 Å². The van der Waals surface area contributed by atoms with E-state index < -0.39 is 0 Å². The van der Waals surface area contributed by atoms with Gasteiger partial charge in [-0.3, -0.25) is 9.59 Å². The highest BCUT2D eigenvalue weighted by Crippen LogP contribution is 2.24. The highest BCUT2D eigenvalue weighted by molar-refractivity contribution is 5.97. The normalized spacial score (nSPS) is 13.2. The summed E-state index contributed by atoms with van der Waals surface area (Å²) in [7, 11) is 0. The minimum atomic E-state index is -0.0276. The summed E-state index contributed by atoms with van der Waals surface area (Å²) in [5.41, 5.74) is 1.12.